The van der Waals surface area contributed by atoms with E-state index >= 15 is 0 Å². The quantitative estimate of drug-likeness (QED) is 0.611. The van der Waals surface area contributed by atoms with Crippen LogP contribution >= 0.6 is 0 Å². The maximum Gasteiger partial charge on any atom is 0.153 e. The average molecular weight is 156 g/mol. The monoisotopic (exact) mass is 156 g/mol. The Balaban J connectivity index is 2.51. The fourth-order valence-electron chi connectivity index (χ4n) is 0.784. The lowest BCUT2D eigenvalue weighted by molar-refractivity contribution is 0.112. The minimum absolute atomic E-state index is 0.351. The molecule has 0 saturated heterocycles. The van der Waals surface area contributed by atoms with Crippen molar-refractivity contribution in [2.75, 3.05) is 6.67 Å². The largest absolute Gasteiger partial charge is 0.298 e. The molecule has 1 heterocycles. The molecule has 0 saturated carbocycles. The van der Waals surface area contributed by atoms with Crippen LogP contribution in [0.15, 0.2) is 12.4 Å². The van der Waals surface area contributed by atoms with E-state index in [1.165, 1.54) is 6.20 Å². The van der Waals surface area contributed by atoms with Crippen LogP contribution in [0.25, 0.3) is 0 Å². The number of hydrogen-bond donors (Lipinski definition) is 0. The molecule has 0 aliphatic heterocycles. The molecule has 0 unspecified atom stereocenters. The van der Waals surface area contributed by atoms with Crippen molar-refractivity contribution in [3.05, 3.63) is 18.0 Å². The Bertz CT molecular complexity index is 234. The van der Waals surface area contributed by atoms with Crippen molar-refractivity contribution >= 4 is 6.29 Å². The van der Waals surface area contributed by atoms with Gasteiger partial charge in [-0.3, -0.25) is 13.9 Å². The zero-order chi connectivity index (χ0) is 8.10. The second-order valence-electron chi connectivity index (χ2n) is 2.20. The number of alkyl halides is 1. The van der Waals surface area contributed by atoms with Crippen molar-refractivity contribution in [2.45, 2.75) is 13.0 Å². The highest BCUT2D eigenvalue weighted by atomic mass is 19.1. The molecule has 0 atom stereocenters. The average Bonchev–Trinajstić information content (AvgIpc) is 2.48. The fourth-order valence-corrected chi connectivity index (χ4v) is 0.784. The Morgan fingerprint density at radius 2 is 2.55 bits per heavy atom. The standard InChI is InChI=1S/C7H9FN2O/c8-2-1-3-10-5-7(6-11)4-9-10/h4-6H,1-3H2. The van der Waals surface area contributed by atoms with Crippen LogP contribution in [0, 0.1) is 0 Å². The Hall–Kier alpha value is -1.19. The second-order valence-corrected chi connectivity index (χ2v) is 2.20. The molecule has 1 aromatic heterocycles. The van der Waals surface area contributed by atoms with Crippen LogP contribution in [-0.4, -0.2) is 22.7 Å². The Kier molecular flexibility index (Phi) is 2.77. The molecule has 0 aliphatic carbocycles. The minimum Gasteiger partial charge on any atom is -0.298 e. The molecule has 0 aliphatic rings. The summed E-state index contributed by atoms with van der Waals surface area (Å²) in [7, 11) is 0. The van der Waals surface area contributed by atoms with E-state index in [0.29, 0.717) is 18.5 Å². The van der Waals surface area contributed by atoms with E-state index in [-0.39, 0.29) is 6.67 Å². The third-order valence-electron chi connectivity index (χ3n) is 1.31. The highest BCUT2D eigenvalue weighted by molar-refractivity contribution is 5.73. The number of halogens is 1. The number of nitrogens with zero attached hydrogens (tertiary/aromatic N) is 2. The molecule has 11 heavy (non-hydrogen) atoms. The number of rotatable bonds is 4. The second kappa shape index (κ2) is 3.85. The van der Waals surface area contributed by atoms with E-state index in [0.717, 1.165) is 6.29 Å². The molecule has 0 spiro atoms. The highest BCUT2D eigenvalue weighted by Crippen LogP contribution is 1.94. The lowest BCUT2D eigenvalue weighted by atomic mass is 10.4. The van der Waals surface area contributed by atoms with E-state index in [2.05, 4.69) is 5.10 Å². The summed E-state index contributed by atoms with van der Waals surface area (Å²) in [5.74, 6) is 0. The summed E-state index contributed by atoms with van der Waals surface area (Å²) in [6.45, 7) is 0.181. The van der Waals surface area contributed by atoms with Gasteiger partial charge in [0.1, 0.15) is 0 Å². The van der Waals surface area contributed by atoms with Crippen molar-refractivity contribution in [2.24, 2.45) is 0 Å². The van der Waals surface area contributed by atoms with Crippen molar-refractivity contribution in [3.63, 3.8) is 0 Å². The van der Waals surface area contributed by atoms with Gasteiger partial charge in [-0.1, -0.05) is 0 Å². The van der Waals surface area contributed by atoms with Crippen molar-refractivity contribution < 1.29 is 9.18 Å². The van der Waals surface area contributed by atoms with Crippen LogP contribution in [0.1, 0.15) is 16.8 Å². The molecular weight excluding hydrogens is 147 g/mol. The third-order valence-corrected chi connectivity index (χ3v) is 1.31. The molecule has 0 radical (unpaired) electrons. The third kappa shape index (κ3) is 2.14. The summed E-state index contributed by atoms with van der Waals surface area (Å²) >= 11 is 0. The number of aromatic nitrogens is 2. The predicted molar refractivity (Wildman–Crippen MR) is 38.2 cm³/mol. The van der Waals surface area contributed by atoms with Gasteiger partial charge in [-0.2, -0.15) is 5.10 Å². The predicted octanol–water partition coefficient (Wildman–Crippen LogP) is 1.06. The van der Waals surface area contributed by atoms with Gasteiger partial charge in [0.2, 0.25) is 0 Å². The maximum absolute atomic E-state index is 11.7. The van der Waals surface area contributed by atoms with Gasteiger partial charge in [0.25, 0.3) is 0 Å². The number of aldehydes is 1. The van der Waals surface area contributed by atoms with E-state index in [4.69, 9.17) is 0 Å². The molecule has 3 nitrogen and oxygen atoms in total. The van der Waals surface area contributed by atoms with Gasteiger partial charge in [0, 0.05) is 12.7 Å². The molecule has 0 N–H and O–H groups in total. The van der Waals surface area contributed by atoms with Gasteiger partial charge in [-0.05, 0) is 6.42 Å². The molecule has 0 aromatic carbocycles. The maximum atomic E-state index is 11.7. The van der Waals surface area contributed by atoms with Gasteiger partial charge < -0.3 is 0 Å². The zero-order valence-corrected chi connectivity index (χ0v) is 6.03. The lowest BCUT2D eigenvalue weighted by Gasteiger charge is -1.94. The molecule has 0 fully saturated rings. The van der Waals surface area contributed by atoms with Crippen LogP contribution in [0.4, 0.5) is 4.39 Å². The summed E-state index contributed by atoms with van der Waals surface area (Å²) in [4.78, 5) is 10.2. The topological polar surface area (TPSA) is 34.9 Å². The first-order valence-electron chi connectivity index (χ1n) is 3.40. The summed E-state index contributed by atoms with van der Waals surface area (Å²) in [6, 6.07) is 0. The molecule has 0 bridgehead atoms. The van der Waals surface area contributed by atoms with Crippen molar-refractivity contribution in [1.29, 1.82) is 0 Å². The number of carbonyl (C=O) groups excluding carboxylic acids is 1. The van der Waals surface area contributed by atoms with Crippen LogP contribution in [0.2, 0.25) is 0 Å². The summed E-state index contributed by atoms with van der Waals surface area (Å²) in [6.07, 6.45) is 4.23. The normalized spacial score (nSPS) is 9.91. The van der Waals surface area contributed by atoms with E-state index in [1.807, 2.05) is 0 Å². The summed E-state index contributed by atoms with van der Waals surface area (Å²) < 4.78 is 13.2. The molecule has 0 amide bonds. The van der Waals surface area contributed by atoms with Crippen molar-refractivity contribution in [3.8, 4) is 0 Å². The van der Waals surface area contributed by atoms with Gasteiger partial charge in [-0.25, -0.2) is 0 Å². The van der Waals surface area contributed by atoms with Crippen LogP contribution in [0.3, 0.4) is 0 Å². The first-order chi connectivity index (χ1) is 5.36. The van der Waals surface area contributed by atoms with E-state index in [1.54, 1.807) is 10.9 Å². The van der Waals surface area contributed by atoms with Gasteiger partial charge >= 0.3 is 0 Å². The Labute approximate surface area is 63.8 Å². The molecule has 4 heteroatoms. The number of aryl methyl sites for hydroxylation is 1. The van der Waals surface area contributed by atoms with E-state index < -0.39 is 0 Å². The lowest BCUT2D eigenvalue weighted by Crippen LogP contribution is -1.98. The SMILES string of the molecule is O=Cc1cnn(CCCF)c1. The summed E-state index contributed by atoms with van der Waals surface area (Å²) in [5, 5.41) is 3.84. The molecular formula is C7H9FN2O. The summed E-state index contributed by atoms with van der Waals surface area (Å²) in [5.41, 5.74) is 0.531. The fraction of sp³-hybridized carbons (Fsp3) is 0.429. The highest BCUT2D eigenvalue weighted by Gasteiger charge is 1.95. The van der Waals surface area contributed by atoms with E-state index in [9.17, 15) is 9.18 Å². The van der Waals surface area contributed by atoms with Crippen LogP contribution < -0.4 is 0 Å². The number of carbonyl (C=O) groups is 1. The first kappa shape index (κ1) is 7.91. The van der Waals surface area contributed by atoms with Gasteiger partial charge in [0.05, 0.1) is 18.4 Å². The zero-order valence-electron chi connectivity index (χ0n) is 6.03. The number of hydrogen-bond acceptors (Lipinski definition) is 2. The van der Waals surface area contributed by atoms with Crippen LogP contribution in [-0.2, 0) is 6.54 Å². The van der Waals surface area contributed by atoms with Crippen molar-refractivity contribution in [1.82, 2.24) is 9.78 Å². The van der Waals surface area contributed by atoms with Crippen LogP contribution in [0.5, 0.6) is 0 Å². The molecule has 1 rings (SSSR count). The van der Waals surface area contributed by atoms with Gasteiger partial charge in [0.15, 0.2) is 6.29 Å². The first-order valence-corrected chi connectivity index (χ1v) is 3.40. The van der Waals surface area contributed by atoms with Gasteiger partial charge in [-0.15, -0.1) is 0 Å². The minimum atomic E-state index is -0.351. The molecule has 1 aromatic rings. The Morgan fingerprint density at radius 1 is 1.73 bits per heavy atom. The Morgan fingerprint density at radius 3 is 3.09 bits per heavy atom. The molecule has 60 valence electrons. The smallest absolute Gasteiger partial charge is 0.153 e.